The lowest BCUT2D eigenvalue weighted by Gasteiger charge is -2.39. The number of rotatable bonds is 4. The molecule has 30 heavy (non-hydrogen) atoms. The predicted molar refractivity (Wildman–Crippen MR) is 112 cm³/mol. The first-order valence-electron chi connectivity index (χ1n) is 9.54. The van der Waals surface area contributed by atoms with Crippen LogP contribution < -0.4 is 5.73 Å². The predicted octanol–water partition coefficient (Wildman–Crippen LogP) is 2.63. The number of carbonyl (C=O) groups excluding carboxylic acids is 3. The summed E-state index contributed by atoms with van der Waals surface area (Å²) in [4.78, 5) is 39.5. The number of hydrogen-bond donors (Lipinski definition) is 1. The second-order valence-electron chi connectivity index (χ2n) is 7.45. The monoisotopic (exact) mass is 423 g/mol. The minimum absolute atomic E-state index is 0.131. The van der Waals surface area contributed by atoms with Gasteiger partial charge in [-0.05, 0) is 29.7 Å². The summed E-state index contributed by atoms with van der Waals surface area (Å²) in [7, 11) is 0. The van der Waals surface area contributed by atoms with Crippen LogP contribution in [0.25, 0.3) is 0 Å². The molecule has 7 nitrogen and oxygen atoms in total. The minimum atomic E-state index is -1.10. The molecule has 2 aromatic carbocycles. The molecule has 2 aliphatic heterocycles. The van der Waals surface area contributed by atoms with E-state index in [1.807, 2.05) is 30.3 Å². The number of fused-ring (bicyclic) bond motifs is 1. The summed E-state index contributed by atoms with van der Waals surface area (Å²) in [5, 5.41) is 5.53. The van der Waals surface area contributed by atoms with Crippen LogP contribution in [0.15, 0.2) is 59.7 Å². The summed E-state index contributed by atoms with van der Waals surface area (Å²) in [6.07, 6.45) is 2.24. The molecule has 1 unspecified atom stereocenters. The van der Waals surface area contributed by atoms with Crippen LogP contribution in [0.3, 0.4) is 0 Å². The number of urea groups is 1. The molecule has 0 spiro atoms. The highest BCUT2D eigenvalue weighted by molar-refractivity contribution is 6.30. The molecule has 1 atom stereocenters. The van der Waals surface area contributed by atoms with Crippen molar-refractivity contribution in [2.75, 3.05) is 13.1 Å². The first-order valence-corrected chi connectivity index (χ1v) is 9.92. The fourth-order valence-electron chi connectivity index (χ4n) is 3.99. The lowest BCUT2D eigenvalue weighted by atomic mass is 9.73. The third-order valence-corrected chi connectivity index (χ3v) is 5.74. The van der Waals surface area contributed by atoms with Crippen molar-refractivity contribution in [2.45, 2.75) is 12.8 Å². The van der Waals surface area contributed by atoms with Gasteiger partial charge in [-0.15, -0.1) is 5.01 Å². The summed E-state index contributed by atoms with van der Waals surface area (Å²) in [5.41, 5.74) is 6.49. The molecule has 2 aromatic rings. The Hall–Kier alpha value is -3.19. The fraction of sp³-hybridized carbons (Fsp3) is 0.227. The van der Waals surface area contributed by atoms with Gasteiger partial charge in [0.1, 0.15) is 5.41 Å². The van der Waals surface area contributed by atoms with E-state index < -0.39 is 17.4 Å². The number of carbonyl (C=O) groups is 3. The van der Waals surface area contributed by atoms with Crippen LogP contribution in [0.2, 0.25) is 5.02 Å². The number of nitrogens with two attached hydrogens (primary N) is 1. The molecule has 4 amide bonds. The van der Waals surface area contributed by atoms with Gasteiger partial charge in [0, 0.05) is 24.5 Å². The number of imide groups is 1. The Morgan fingerprint density at radius 3 is 2.50 bits per heavy atom. The summed E-state index contributed by atoms with van der Waals surface area (Å²) >= 11 is 5.91. The summed E-state index contributed by atoms with van der Waals surface area (Å²) in [6.45, 7) is 0.532. The molecular weight excluding hydrogens is 404 g/mol. The average molecular weight is 424 g/mol. The number of amides is 4. The van der Waals surface area contributed by atoms with E-state index in [2.05, 4.69) is 5.10 Å². The second-order valence-corrected chi connectivity index (χ2v) is 7.89. The van der Waals surface area contributed by atoms with Crippen molar-refractivity contribution >= 4 is 35.2 Å². The summed E-state index contributed by atoms with van der Waals surface area (Å²) in [5.74, 6) is -0.702. The van der Waals surface area contributed by atoms with Crippen LogP contribution in [-0.2, 0) is 16.0 Å². The topological polar surface area (TPSA) is 96.1 Å². The van der Waals surface area contributed by atoms with Gasteiger partial charge in [-0.2, -0.15) is 5.10 Å². The highest BCUT2D eigenvalue weighted by atomic mass is 35.5. The smallest absolute Gasteiger partial charge is 0.342 e. The number of halogens is 1. The molecule has 153 valence electrons. The van der Waals surface area contributed by atoms with Gasteiger partial charge in [0.25, 0.3) is 5.91 Å². The number of hydrazone groups is 1. The van der Waals surface area contributed by atoms with Gasteiger partial charge < -0.3 is 10.6 Å². The Morgan fingerprint density at radius 1 is 1.13 bits per heavy atom. The van der Waals surface area contributed by atoms with E-state index in [9.17, 15) is 14.4 Å². The van der Waals surface area contributed by atoms with E-state index in [-0.39, 0.29) is 12.5 Å². The Bertz CT molecular complexity index is 1020. The van der Waals surface area contributed by atoms with Crippen LogP contribution in [0, 0.1) is 11.8 Å². The van der Waals surface area contributed by atoms with Gasteiger partial charge in [-0.25, -0.2) is 4.79 Å². The molecule has 2 N–H and O–H groups in total. The summed E-state index contributed by atoms with van der Waals surface area (Å²) in [6, 6.07) is 15.5. The second kappa shape index (κ2) is 7.91. The zero-order valence-electron chi connectivity index (χ0n) is 16.1. The van der Waals surface area contributed by atoms with Gasteiger partial charge >= 0.3 is 6.03 Å². The van der Waals surface area contributed by atoms with E-state index >= 15 is 0 Å². The molecule has 0 aromatic heterocycles. The molecule has 2 heterocycles. The number of benzene rings is 2. The SMILES string of the molecule is NC(=O)N1N=C2CCN(C(=O)[CH]c3ccc(Cl)cc3)CC2(Cc2ccccc2)C1=O. The molecule has 0 bridgehead atoms. The molecule has 4 rings (SSSR count). The third kappa shape index (κ3) is 3.68. The third-order valence-electron chi connectivity index (χ3n) is 5.48. The van der Waals surface area contributed by atoms with Crippen LogP contribution in [0.4, 0.5) is 4.79 Å². The van der Waals surface area contributed by atoms with Crippen molar-refractivity contribution < 1.29 is 14.4 Å². The van der Waals surface area contributed by atoms with Crippen LogP contribution in [-0.4, -0.2) is 46.6 Å². The molecule has 8 heteroatoms. The van der Waals surface area contributed by atoms with Gasteiger partial charge in [-0.3, -0.25) is 9.59 Å². The van der Waals surface area contributed by atoms with Crippen molar-refractivity contribution in [3.63, 3.8) is 0 Å². The lowest BCUT2D eigenvalue weighted by molar-refractivity contribution is -0.137. The maximum absolute atomic E-state index is 13.2. The minimum Gasteiger partial charge on any atom is -0.350 e. The maximum Gasteiger partial charge on any atom is 0.342 e. The first kappa shape index (κ1) is 20.1. The van der Waals surface area contributed by atoms with Gasteiger partial charge in [0.15, 0.2) is 0 Å². The van der Waals surface area contributed by atoms with E-state index in [1.54, 1.807) is 29.2 Å². The van der Waals surface area contributed by atoms with Gasteiger partial charge in [0.2, 0.25) is 5.91 Å². The van der Waals surface area contributed by atoms with E-state index in [0.29, 0.717) is 30.1 Å². The Kier molecular flexibility index (Phi) is 5.30. The number of piperidine rings is 1. The molecule has 0 saturated carbocycles. The molecule has 1 radical (unpaired) electrons. The normalized spacial score (nSPS) is 20.7. The molecule has 2 aliphatic rings. The Labute approximate surface area is 179 Å². The van der Waals surface area contributed by atoms with Crippen molar-refractivity contribution in [3.05, 3.63) is 77.2 Å². The van der Waals surface area contributed by atoms with E-state index in [0.717, 1.165) is 16.1 Å². The quantitative estimate of drug-likeness (QED) is 0.818. The zero-order chi connectivity index (χ0) is 21.3. The number of likely N-dealkylation sites (tertiary alicyclic amines) is 1. The number of primary amides is 1. The largest absolute Gasteiger partial charge is 0.350 e. The van der Waals surface area contributed by atoms with Crippen molar-refractivity contribution in [1.82, 2.24) is 9.91 Å². The Morgan fingerprint density at radius 2 is 1.83 bits per heavy atom. The fourth-order valence-corrected chi connectivity index (χ4v) is 4.12. The average Bonchev–Trinajstić information content (AvgIpc) is 3.02. The van der Waals surface area contributed by atoms with Crippen LogP contribution in [0.5, 0.6) is 0 Å². The molecular formula is C22H20ClN4O3. The highest BCUT2D eigenvalue weighted by Crippen LogP contribution is 2.38. The number of nitrogens with zero attached hydrogens (tertiary/aromatic N) is 3. The van der Waals surface area contributed by atoms with Gasteiger partial charge in [0.05, 0.1) is 12.1 Å². The lowest BCUT2D eigenvalue weighted by Crippen LogP contribution is -2.56. The molecule has 1 saturated heterocycles. The van der Waals surface area contributed by atoms with Gasteiger partial charge in [-0.1, -0.05) is 54.1 Å². The highest BCUT2D eigenvalue weighted by Gasteiger charge is 2.55. The van der Waals surface area contributed by atoms with Crippen LogP contribution >= 0.6 is 11.6 Å². The molecule has 1 fully saturated rings. The Balaban J connectivity index is 1.61. The number of hydrogen-bond acceptors (Lipinski definition) is 4. The van der Waals surface area contributed by atoms with Crippen molar-refractivity contribution in [2.24, 2.45) is 16.3 Å². The van der Waals surface area contributed by atoms with Crippen molar-refractivity contribution in [1.29, 1.82) is 0 Å². The van der Waals surface area contributed by atoms with E-state index in [4.69, 9.17) is 17.3 Å². The van der Waals surface area contributed by atoms with Crippen LogP contribution in [0.1, 0.15) is 17.5 Å². The standard InChI is InChI=1S/C22H20ClN4O3/c23-17-8-6-15(7-9-17)12-19(28)26-11-10-18-22(14-26,13-16-4-2-1-3-5-16)20(29)27(25-18)21(24)30/h1-9,12H,10-11,13-14H2,(H2,24,30). The maximum atomic E-state index is 13.2. The van der Waals surface area contributed by atoms with Crippen molar-refractivity contribution in [3.8, 4) is 0 Å². The zero-order valence-corrected chi connectivity index (χ0v) is 16.9. The summed E-state index contributed by atoms with van der Waals surface area (Å²) < 4.78 is 0. The molecule has 0 aliphatic carbocycles. The van der Waals surface area contributed by atoms with E-state index in [1.165, 1.54) is 6.42 Å². The first-order chi connectivity index (χ1) is 14.4.